The van der Waals surface area contributed by atoms with Crippen molar-refractivity contribution in [3.63, 3.8) is 0 Å². The second-order valence-electron chi connectivity index (χ2n) is 4.20. The van der Waals surface area contributed by atoms with E-state index in [0.717, 1.165) is 19.3 Å². The summed E-state index contributed by atoms with van der Waals surface area (Å²) in [6.45, 7) is 1.69. The molecule has 2 bridgehead atoms. The first-order valence-corrected chi connectivity index (χ1v) is 4.89. The molecule has 2 atom stereocenters. The molecule has 2 heterocycles. The molecule has 0 amide bonds. The number of ketones is 1. The first-order chi connectivity index (χ1) is 5.74. The molecule has 12 heavy (non-hydrogen) atoms. The highest BCUT2D eigenvalue weighted by Gasteiger charge is 2.34. The van der Waals surface area contributed by atoms with Crippen LogP contribution in [0.25, 0.3) is 0 Å². The maximum Gasteiger partial charge on any atom is 0.130 e. The van der Waals surface area contributed by atoms with E-state index in [2.05, 4.69) is 0 Å². The molecule has 0 radical (unpaired) electrons. The van der Waals surface area contributed by atoms with Crippen LogP contribution in [0, 0.1) is 5.92 Å². The van der Waals surface area contributed by atoms with E-state index in [9.17, 15) is 4.79 Å². The van der Waals surface area contributed by atoms with Crippen LogP contribution in [0.5, 0.6) is 0 Å². The zero-order valence-electron chi connectivity index (χ0n) is 7.58. The van der Waals surface area contributed by atoms with Gasteiger partial charge in [-0.05, 0) is 38.5 Å². The molecule has 0 aliphatic carbocycles. The average Bonchev–Trinajstić information content (AvgIpc) is 2.29. The molecule has 2 heteroatoms. The summed E-state index contributed by atoms with van der Waals surface area (Å²) in [6, 6.07) is 0. The Hall–Kier alpha value is -0.370. The molecule has 2 fully saturated rings. The van der Waals surface area contributed by atoms with Crippen LogP contribution in [0.4, 0.5) is 0 Å². The van der Waals surface area contributed by atoms with Crippen LogP contribution < -0.4 is 0 Å². The third kappa shape index (κ3) is 1.69. The summed E-state index contributed by atoms with van der Waals surface area (Å²) in [5.41, 5.74) is 0. The molecule has 0 N–H and O–H groups in total. The van der Waals surface area contributed by atoms with Crippen LogP contribution in [0.2, 0.25) is 0 Å². The van der Waals surface area contributed by atoms with Crippen LogP contribution in [-0.4, -0.2) is 18.0 Å². The Morgan fingerprint density at radius 2 is 1.92 bits per heavy atom. The molecular weight excluding hydrogens is 152 g/mol. The smallest absolute Gasteiger partial charge is 0.130 e. The summed E-state index contributed by atoms with van der Waals surface area (Å²) < 4.78 is 5.70. The number of carbonyl (C=O) groups excluding carboxylic acids is 1. The van der Waals surface area contributed by atoms with Crippen molar-refractivity contribution in [2.75, 3.05) is 0 Å². The van der Waals surface area contributed by atoms with Gasteiger partial charge in [0.2, 0.25) is 0 Å². The van der Waals surface area contributed by atoms with Gasteiger partial charge in [-0.1, -0.05) is 0 Å². The number of fused-ring (bicyclic) bond motifs is 2. The van der Waals surface area contributed by atoms with Crippen LogP contribution in [-0.2, 0) is 9.53 Å². The number of carbonyl (C=O) groups is 1. The SMILES string of the molecule is CC(=O)CC1CC2CCC(C1)O2. The summed E-state index contributed by atoms with van der Waals surface area (Å²) in [6.07, 6.45) is 6.42. The van der Waals surface area contributed by atoms with Gasteiger partial charge < -0.3 is 9.53 Å². The highest BCUT2D eigenvalue weighted by atomic mass is 16.5. The highest BCUT2D eigenvalue weighted by Crippen LogP contribution is 2.37. The van der Waals surface area contributed by atoms with Gasteiger partial charge in [0, 0.05) is 6.42 Å². The second kappa shape index (κ2) is 3.17. The van der Waals surface area contributed by atoms with E-state index in [1.165, 1.54) is 12.8 Å². The number of Topliss-reactive ketones (excluding diaryl/α,β-unsaturated/α-hetero) is 1. The van der Waals surface area contributed by atoms with Crippen molar-refractivity contribution in [3.8, 4) is 0 Å². The molecule has 68 valence electrons. The fourth-order valence-corrected chi connectivity index (χ4v) is 2.54. The first kappa shape index (κ1) is 8.24. The topological polar surface area (TPSA) is 26.3 Å². The van der Waals surface area contributed by atoms with Crippen LogP contribution >= 0.6 is 0 Å². The zero-order valence-corrected chi connectivity index (χ0v) is 7.58. The lowest BCUT2D eigenvalue weighted by molar-refractivity contribution is -0.119. The van der Waals surface area contributed by atoms with E-state index in [1.54, 1.807) is 6.92 Å². The zero-order chi connectivity index (χ0) is 8.55. The average molecular weight is 168 g/mol. The molecule has 2 nitrogen and oxygen atoms in total. The minimum absolute atomic E-state index is 0.335. The Bertz CT molecular complexity index is 176. The molecule has 0 aromatic rings. The lowest BCUT2D eigenvalue weighted by Gasteiger charge is -2.27. The van der Waals surface area contributed by atoms with Gasteiger partial charge >= 0.3 is 0 Å². The second-order valence-corrected chi connectivity index (χ2v) is 4.20. The minimum atomic E-state index is 0.335. The van der Waals surface area contributed by atoms with Crippen molar-refractivity contribution in [2.45, 2.75) is 51.2 Å². The van der Waals surface area contributed by atoms with Crippen molar-refractivity contribution >= 4 is 5.78 Å². The molecule has 0 aromatic carbocycles. The van der Waals surface area contributed by atoms with Crippen LogP contribution in [0.15, 0.2) is 0 Å². The van der Waals surface area contributed by atoms with E-state index in [-0.39, 0.29) is 0 Å². The highest BCUT2D eigenvalue weighted by molar-refractivity contribution is 5.75. The molecule has 2 aliphatic rings. The fraction of sp³-hybridized carbons (Fsp3) is 0.900. The van der Waals surface area contributed by atoms with Crippen LogP contribution in [0.1, 0.15) is 39.0 Å². The summed E-state index contributed by atoms with van der Waals surface area (Å²) in [5.74, 6) is 0.954. The maximum absolute atomic E-state index is 10.9. The molecule has 2 saturated heterocycles. The quantitative estimate of drug-likeness (QED) is 0.629. The molecule has 0 spiro atoms. The fourth-order valence-electron chi connectivity index (χ4n) is 2.54. The summed E-state index contributed by atoms with van der Waals surface area (Å²) in [5, 5.41) is 0. The maximum atomic E-state index is 10.9. The Kier molecular flexibility index (Phi) is 2.18. The van der Waals surface area contributed by atoms with Crippen LogP contribution in [0.3, 0.4) is 0 Å². The molecule has 2 rings (SSSR count). The van der Waals surface area contributed by atoms with Gasteiger partial charge in [0.05, 0.1) is 12.2 Å². The summed E-state index contributed by atoms with van der Waals surface area (Å²) in [7, 11) is 0. The molecule has 0 aromatic heterocycles. The van der Waals surface area contributed by atoms with Gasteiger partial charge in [0.25, 0.3) is 0 Å². The molecule has 0 saturated carbocycles. The lowest BCUT2D eigenvalue weighted by Crippen LogP contribution is -2.25. The Morgan fingerprint density at radius 1 is 1.33 bits per heavy atom. The Labute approximate surface area is 73.3 Å². The lowest BCUT2D eigenvalue weighted by atomic mass is 9.91. The molecule has 2 aliphatic heterocycles. The Morgan fingerprint density at radius 3 is 2.42 bits per heavy atom. The van der Waals surface area contributed by atoms with Crippen molar-refractivity contribution in [2.24, 2.45) is 5.92 Å². The van der Waals surface area contributed by atoms with Crippen molar-refractivity contribution in [3.05, 3.63) is 0 Å². The van der Waals surface area contributed by atoms with Gasteiger partial charge in [-0.25, -0.2) is 0 Å². The number of hydrogen-bond donors (Lipinski definition) is 0. The third-order valence-electron chi connectivity index (χ3n) is 2.96. The van der Waals surface area contributed by atoms with E-state index in [1.807, 2.05) is 0 Å². The summed E-state index contributed by atoms with van der Waals surface area (Å²) >= 11 is 0. The monoisotopic (exact) mass is 168 g/mol. The normalized spacial score (nSPS) is 39.9. The van der Waals surface area contributed by atoms with Gasteiger partial charge in [-0.3, -0.25) is 0 Å². The number of rotatable bonds is 2. The van der Waals surface area contributed by atoms with Gasteiger partial charge in [-0.2, -0.15) is 0 Å². The van der Waals surface area contributed by atoms with Crippen molar-refractivity contribution in [1.82, 2.24) is 0 Å². The molecular formula is C10H16O2. The predicted molar refractivity (Wildman–Crippen MR) is 45.9 cm³/mol. The van der Waals surface area contributed by atoms with E-state index in [4.69, 9.17) is 4.74 Å². The number of hydrogen-bond acceptors (Lipinski definition) is 2. The van der Waals surface area contributed by atoms with E-state index >= 15 is 0 Å². The summed E-state index contributed by atoms with van der Waals surface area (Å²) in [4.78, 5) is 10.9. The predicted octanol–water partition coefficient (Wildman–Crippen LogP) is 1.92. The van der Waals surface area contributed by atoms with E-state index in [0.29, 0.717) is 23.9 Å². The van der Waals surface area contributed by atoms with Gasteiger partial charge in [0.1, 0.15) is 5.78 Å². The van der Waals surface area contributed by atoms with Crippen molar-refractivity contribution < 1.29 is 9.53 Å². The number of ether oxygens (including phenoxy) is 1. The largest absolute Gasteiger partial charge is 0.375 e. The third-order valence-corrected chi connectivity index (χ3v) is 2.96. The molecule has 2 unspecified atom stereocenters. The first-order valence-electron chi connectivity index (χ1n) is 4.89. The minimum Gasteiger partial charge on any atom is -0.375 e. The standard InChI is InChI=1S/C10H16O2/c1-7(11)4-8-5-9-2-3-10(6-8)12-9/h8-10H,2-6H2,1H3. The Balaban J connectivity index is 1.89. The van der Waals surface area contributed by atoms with E-state index < -0.39 is 0 Å². The van der Waals surface area contributed by atoms with Crippen molar-refractivity contribution in [1.29, 1.82) is 0 Å². The van der Waals surface area contributed by atoms with Gasteiger partial charge in [0.15, 0.2) is 0 Å². The van der Waals surface area contributed by atoms with Gasteiger partial charge in [-0.15, -0.1) is 0 Å².